The second-order valence-electron chi connectivity index (χ2n) is 3.33. The summed E-state index contributed by atoms with van der Waals surface area (Å²) in [5.41, 5.74) is 7.47. The molecule has 1 aromatic carbocycles. The van der Waals surface area contributed by atoms with Crippen LogP contribution in [0.2, 0.25) is 5.02 Å². The van der Waals surface area contributed by atoms with Gasteiger partial charge in [-0.25, -0.2) is 0 Å². The van der Waals surface area contributed by atoms with E-state index in [0.717, 1.165) is 23.3 Å². The first-order chi connectivity index (χ1) is 7.13. The molecule has 0 aliphatic heterocycles. The minimum absolute atomic E-state index is 0.106. The Bertz CT molecular complexity index is 342. The first kappa shape index (κ1) is 12.3. The molecule has 0 fully saturated rings. The van der Waals surface area contributed by atoms with Crippen molar-refractivity contribution in [2.45, 2.75) is 19.4 Å². The Labute approximate surface area is 94.8 Å². The summed E-state index contributed by atoms with van der Waals surface area (Å²) in [5, 5.41) is 9.60. The molecule has 0 heterocycles. The van der Waals surface area contributed by atoms with Crippen LogP contribution in [0, 0.1) is 0 Å². The third kappa shape index (κ3) is 2.62. The van der Waals surface area contributed by atoms with E-state index in [0.29, 0.717) is 5.02 Å². The quantitative estimate of drug-likeness (QED) is 0.829. The van der Waals surface area contributed by atoms with Crippen LogP contribution >= 0.6 is 11.6 Å². The van der Waals surface area contributed by atoms with Gasteiger partial charge in [-0.2, -0.15) is 0 Å². The summed E-state index contributed by atoms with van der Waals surface area (Å²) < 4.78 is 5.23. The lowest BCUT2D eigenvalue weighted by Crippen LogP contribution is -2.14. The lowest BCUT2D eigenvalue weighted by Gasteiger charge is -2.14. The lowest BCUT2D eigenvalue weighted by atomic mass is 10.0. The van der Waals surface area contributed by atoms with Crippen LogP contribution in [0.15, 0.2) is 12.1 Å². The number of hydrogen-bond acceptors (Lipinski definition) is 3. The minimum atomic E-state index is -0.415. The van der Waals surface area contributed by atoms with Gasteiger partial charge in [-0.1, -0.05) is 18.5 Å². The van der Waals surface area contributed by atoms with Crippen molar-refractivity contribution >= 4 is 11.6 Å². The molecule has 15 heavy (non-hydrogen) atoms. The smallest absolute Gasteiger partial charge is 0.123 e. The number of methoxy groups -OCH3 is 1. The highest BCUT2D eigenvalue weighted by Crippen LogP contribution is 2.30. The van der Waals surface area contributed by atoms with Gasteiger partial charge in [0.1, 0.15) is 5.75 Å². The topological polar surface area (TPSA) is 55.5 Å². The predicted octanol–water partition coefficient (Wildman–Crippen LogP) is 1.90. The Morgan fingerprint density at radius 3 is 2.67 bits per heavy atom. The zero-order valence-corrected chi connectivity index (χ0v) is 9.71. The second kappa shape index (κ2) is 5.35. The van der Waals surface area contributed by atoms with Crippen LogP contribution in [0.3, 0.4) is 0 Å². The highest BCUT2D eigenvalue weighted by Gasteiger charge is 2.12. The average molecular weight is 230 g/mol. The van der Waals surface area contributed by atoms with Crippen molar-refractivity contribution < 1.29 is 9.84 Å². The number of benzene rings is 1. The zero-order chi connectivity index (χ0) is 11.4. The van der Waals surface area contributed by atoms with E-state index >= 15 is 0 Å². The van der Waals surface area contributed by atoms with Gasteiger partial charge in [0.2, 0.25) is 0 Å². The number of aliphatic hydroxyl groups is 1. The Morgan fingerprint density at radius 1 is 1.53 bits per heavy atom. The monoisotopic (exact) mass is 229 g/mol. The normalized spacial score (nSPS) is 12.6. The molecule has 0 radical (unpaired) electrons. The fourth-order valence-corrected chi connectivity index (χ4v) is 1.83. The number of halogens is 1. The largest absolute Gasteiger partial charge is 0.496 e. The molecule has 1 atom stereocenters. The molecule has 0 bridgehead atoms. The Balaban J connectivity index is 3.19. The van der Waals surface area contributed by atoms with Crippen molar-refractivity contribution in [3.63, 3.8) is 0 Å². The maximum absolute atomic E-state index is 8.96. The summed E-state index contributed by atoms with van der Waals surface area (Å²) in [4.78, 5) is 0. The van der Waals surface area contributed by atoms with Gasteiger partial charge >= 0.3 is 0 Å². The molecule has 3 N–H and O–H groups in total. The molecule has 0 saturated carbocycles. The summed E-state index contributed by atoms with van der Waals surface area (Å²) >= 11 is 6.10. The number of hydrogen-bond donors (Lipinski definition) is 2. The predicted molar refractivity (Wildman–Crippen MR) is 61.4 cm³/mol. The first-order valence-corrected chi connectivity index (χ1v) is 5.24. The fraction of sp³-hybridized carbons (Fsp3) is 0.455. The summed E-state index contributed by atoms with van der Waals surface area (Å²) in [7, 11) is 1.60. The van der Waals surface area contributed by atoms with Gasteiger partial charge in [-0.3, -0.25) is 0 Å². The van der Waals surface area contributed by atoms with Crippen LogP contribution in [-0.4, -0.2) is 18.8 Å². The summed E-state index contributed by atoms with van der Waals surface area (Å²) in [6, 6.07) is 3.19. The molecule has 0 saturated heterocycles. The Kier molecular flexibility index (Phi) is 4.39. The van der Waals surface area contributed by atoms with E-state index in [1.165, 1.54) is 0 Å². The molecule has 0 spiro atoms. The van der Waals surface area contributed by atoms with Crippen LogP contribution in [0.1, 0.15) is 24.1 Å². The summed E-state index contributed by atoms with van der Waals surface area (Å²) in [5.74, 6) is 0.726. The van der Waals surface area contributed by atoms with Crippen molar-refractivity contribution in [1.29, 1.82) is 0 Å². The average Bonchev–Trinajstić information content (AvgIpc) is 2.26. The van der Waals surface area contributed by atoms with Crippen LogP contribution in [0.4, 0.5) is 0 Å². The van der Waals surface area contributed by atoms with Crippen LogP contribution in [-0.2, 0) is 6.42 Å². The van der Waals surface area contributed by atoms with Crippen molar-refractivity contribution in [3.8, 4) is 5.75 Å². The van der Waals surface area contributed by atoms with Gasteiger partial charge in [-0.05, 0) is 24.1 Å². The van der Waals surface area contributed by atoms with E-state index in [-0.39, 0.29) is 6.61 Å². The van der Waals surface area contributed by atoms with E-state index in [4.69, 9.17) is 27.2 Å². The molecule has 0 amide bonds. The minimum Gasteiger partial charge on any atom is -0.496 e. The lowest BCUT2D eigenvalue weighted by molar-refractivity contribution is 0.267. The van der Waals surface area contributed by atoms with Gasteiger partial charge < -0.3 is 15.6 Å². The number of rotatable bonds is 4. The van der Waals surface area contributed by atoms with E-state index in [1.54, 1.807) is 13.2 Å². The van der Waals surface area contributed by atoms with Crippen molar-refractivity contribution in [3.05, 3.63) is 28.3 Å². The van der Waals surface area contributed by atoms with E-state index < -0.39 is 6.04 Å². The highest BCUT2D eigenvalue weighted by atomic mass is 35.5. The van der Waals surface area contributed by atoms with E-state index in [9.17, 15) is 0 Å². The maximum atomic E-state index is 8.96. The Hall–Kier alpha value is -0.770. The highest BCUT2D eigenvalue weighted by molar-refractivity contribution is 6.31. The molecular formula is C11H16ClNO2. The van der Waals surface area contributed by atoms with Crippen molar-refractivity contribution in [2.24, 2.45) is 5.73 Å². The standard InChI is InChI=1S/C11H16ClNO2/c1-3-8-9(12)4-7(10(13)6-14)5-11(8)15-2/h4-5,10,14H,3,6,13H2,1-2H3. The summed E-state index contributed by atoms with van der Waals surface area (Å²) in [6.07, 6.45) is 0.802. The first-order valence-electron chi connectivity index (χ1n) is 4.86. The SMILES string of the molecule is CCc1c(Cl)cc(C(N)CO)cc1OC. The Morgan fingerprint density at radius 2 is 2.20 bits per heavy atom. The van der Waals surface area contributed by atoms with Crippen LogP contribution < -0.4 is 10.5 Å². The maximum Gasteiger partial charge on any atom is 0.123 e. The van der Waals surface area contributed by atoms with Gasteiger partial charge in [-0.15, -0.1) is 0 Å². The third-order valence-corrected chi connectivity index (χ3v) is 2.71. The van der Waals surface area contributed by atoms with Crippen LogP contribution in [0.25, 0.3) is 0 Å². The van der Waals surface area contributed by atoms with Gasteiger partial charge in [0, 0.05) is 10.6 Å². The van der Waals surface area contributed by atoms with Crippen LogP contribution in [0.5, 0.6) is 5.75 Å². The van der Waals surface area contributed by atoms with Crippen molar-refractivity contribution in [1.82, 2.24) is 0 Å². The molecule has 1 rings (SSSR count). The third-order valence-electron chi connectivity index (χ3n) is 2.38. The van der Waals surface area contributed by atoms with E-state index in [1.807, 2.05) is 13.0 Å². The van der Waals surface area contributed by atoms with Gasteiger partial charge in [0.05, 0.1) is 19.8 Å². The number of nitrogens with two attached hydrogens (primary N) is 1. The van der Waals surface area contributed by atoms with Gasteiger partial charge in [0.25, 0.3) is 0 Å². The molecule has 84 valence electrons. The summed E-state index contributed by atoms with van der Waals surface area (Å²) in [6.45, 7) is 1.90. The van der Waals surface area contributed by atoms with E-state index in [2.05, 4.69) is 0 Å². The van der Waals surface area contributed by atoms with Crippen molar-refractivity contribution in [2.75, 3.05) is 13.7 Å². The molecular weight excluding hydrogens is 214 g/mol. The molecule has 0 aliphatic carbocycles. The zero-order valence-electron chi connectivity index (χ0n) is 8.96. The number of ether oxygens (including phenoxy) is 1. The molecule has 4 heteroatoms. The molecule has 0 aliphatic rings. The molecule has 0 aromatic heterocycles. The molecule has 1 unspecified atom stereocenters. The number of aliphatic hydroxyl groups excluding tert-OH is 1. The molecule has 1 aromatic rings. The second-order valence-corrected chi connectivity index (χ2v) is 3.73. The van der Waals surface area contributed by atoms with Gasteiger partial charge in [0.15, 0.2) is 0 Å². The fourth-order valence-electron chi connectivity index (χ4n) is 1.48. The molecule has 3 nitrogen and oxygen atoms in total.